The number of thiol groups is 1. The Balaban J connectivity index is 2.65. The van der Waals surface area contributed by atoms with Gasteiger partial charge in [0.1, 0.15) is 18.2 Å². The quantitative estimate of drug-likeness (QED) is 0.361. The van der Waals surface area contributed by atoms with Crippen LogP contribution in [0.1, 0.15) is 6.92 Å². The number of carbonyl (C=O) groups is 1. The molecule has 15 heavy (non-hydrogen) atoms. The molecule has 6 nitrogen and oxygen atoms in total. The summed E-state index contributed by atoms with van der Waals surface area (Å²) in [5.41, 5.74) is 0. The van der Waals surface area contributed by atoms with Crippen LogP contribution in [0.3, 0.4) is 0 Å². The van der Waals surface area contributed by atoms with Gasteiger partial charge in [0.25, 0.3) is 0 Å². The van der Waals surface area contributed by atoms with E-state index >= 15 is 0 Å². The first-order chi connectivity index (χ1) is 6.97. The van der Waals surface area contributed by atoms with Gasteiger partial charge in [-0.15, -0.1) is 0 Å². The van der Waals surface area contributed by atoms with Crippen molar-refractivity contribution in [3.63, 3.8) is 0 Å². The van der Waals surface area contributed by atoms with E-state index in [2.05, 4.69) is 17.9 Å². The van der Waals surface area contributed by atoms with Crippen molar-refractivity contribution in [2.75, 3.05) is 6.61 Å². The molecule has 1 aliphatic rings. The van der Waals surface area contributed by atoms with Crippen molar-refractivity contribution in [1.29, 1.82) is 0 Å². The molecule has 0 aliphatic carbocycles. The van der Waals surface area contributed by atoms with Crippen molar-refractivity contribution in [2.24, 2.45) is 0 Å². The second-order valence-electron chi connectivity index (χ2n) is 3.46. The first-order valence-electron chi connectivity index (χ1n) is 4.55. The van der Waals surface area contributed by atoms with E-state index in [1.54, 1.807) is 0 Å². The number of ether oxygens (including phenoxy) is 1. The van der Waals surface area contributed by atoms with Crippen LogP contribution in [0.5, 0.6) is 0 Å². The highest BCUT2D eigenvalue weighted by molar-refractivity contribution is 7.81. The van der Waals surface area contributed by atoms with Crippen molar-refractivity contribution < 1.29 is 24.9 Å². The molecule has 0 aromatic heterocycles. The van der Waals surface area contributed by atoms with Gasteiger partial charge in [-0.25, -0.2) is 0 Å². The van der Waals surface area contributed by atoms with E-state index in [0.29, 0.717) is 0 Å². The van der Waals surface area contributed by atoms with Gasteiger partial charge in [0, 0.05) is 6.92 Å². The Morgan fingerprint density at radius 1 is 1.60 bits per heavy atom. The maximum absolute atomic E-state index is 10.8. The molecule has 7 heteroatoms. The monoisotopic (exact) mass is 237 g/mol. The minimum absolute atomic E-state index is 0.287. The smallest absolute Gasteiger partial charge is 0.217 e. The van der Waals surface area contributed by atoms with Crippen molar-refractivity contribution in [1.82, 2.24) is 5.32 Å². The molecule has 1 fully saturated rings. The Morgan fingerprint density at radius 3 is 2.67 bits per heavy atom. The molecular weight excluding hydrogens is 222 g/mol. The molecule has 0 radical (unpaired) electrons. The normalized spacial score (nSPS) is 37.7. The molecule has 1 saturated heterocycles. The summed E-state index contributed by atoms with van der Waals surface area (Å²) in [5.74, 6) is -0.373. The van der Waals surface area contributed by atoms with Gasteiger partial charge >= 0.3 is 0 Å². The fraction of sp³-hybridized carbons (Fsp3) is 0.875. The summed E-state index contributed by atoms with van der Waals surface area (Å²) in [5, 5.41) is 29.7. The Morgan fingerprint density at radius 2 is 2.20 bits per heavy atom. The highest BCUT2D eigenvalue weighted by atomic mass is 32.1. The van der Waals surface area contributed by atoms with Crippen molar-refractivity contribution in [3.8, 4) is 0 Å². The fourth-order valence-corrected chi connectivity index (χ4v) is 1.76. The van der Waals surface area contributed by atoms with Gasteiger partial charge in [-0.1, -0.05) is 0 Å². The number of hydrogen-bond acceptors (Lipinski definition) is 6. The lowest BCUT2D eigenvalue weighted by Crippen LogP contribution is -2.48. The van der Waals surface area contributed by atoms with Crippen molar-refractivity contribution >= 4 is 18.5 Å². The SMILES string of the molecule is CC(=O)N[C@H]1[C@@H](O)[C@@H]([C@H](S)CO)O[C@@H]1O. The van der Waals surface area contributed by atoms with E-state index in [1.807, 2.05) is 0 Å². The Labute approximate surface area is 92.7 Å². The molecule has 5 atom stereocenters. The summed E-state index contributed by atoms with van der Waals surface area (Å²) in [6, 6.07) is -0.881. The van der Waals surface area contributed by atoms with Crippen LogP contribution in [0.25, 0.3) is 0 Å². The minimum Gasteiger partial charge on any atom is -0.395 e. The van der Waals surface area contributed by atoms with Gasteiger partial charge in [-0.2, -0.15) is 12.6 Å². The van der Waals surface area contributed by atoms with Crippen LogP contribution in [-0.4, -0.2) is 57.6 Å². The predicted octanol–water partition coefficient (Wildman–Crippen LogP) is -2.14. The second-order valence-corrected chi connectivity index (χ2v) is 4.12. The number of amides is 1. The molecule has 1 aliphatic heterocycles. The Hall–Kier alpha value is -0.340. The Bertz CT molecular complexity index is 239. The van der Waals surface area contributed by atoms with E-state index in [0.717, 1.165) is 0 Å². The first kappa shape index (κ1) is 12.7. The summed E-state index contributed by atoms with van der Waals surface area (Å²) in [7, 11) is 0. The summed E-state index contributed by atoms with van der Waals surface area (Å²) in [6.07, 6.45) is -3.17. The van der Waals surface area contributed by atoms with Gasteiger partial charge in [-0.3, -0.25) is 4.79 Å². The molecule has 1 heterocycles. The summed E-state index contributed by atoms with van der Waals surface area (Å²) in [4.78, 5) is 10.8. The van der Waals surface area contributed by atoms with Crippen LogP contribution in [0.2, 0.25) is 0 Å². The number of aliphatic hydroxyl groups is 3. The molecule has 1 rings (SSSR count). The van der Waals surface area contributed by atoms with Crippen molar-refractivity contribution in [2.45, 2.75) is 36.7 Å². The predicted molar refractivity (Wildman–Crippen MR) is 54.4 cm³/mol. The number of nitrogens with one attached hydrogen (secondary N) is 1. The largest absolute Gasteiger partial charge is 0.395 e. The number of aliphatic hydroxyl groups excluding tert-OH is 3. The standard InChI is InChI=1S/C8H15NO5S/c1-3(11)9-5-6(12)7(4(15)2-10)14-8(5)13/h4-8,10,12-13,15H,2H2,1H3,(H,9,11)/t4-,5+,6-,7-,8+/m1/s1. The molecule has 0 bridgehead atoms. The molecule has 0 aromatic rings. The number of rotatable bonds is 3. The van der Waals surface area contributed by atoms with Crippen LogP contribution in [0.15, 0.2) is 0 Å². The fourth-order valence-electron chi connectivity index (χ4n) is 1.51. The maximum atomic E-state index is 10.8. The number of carbonyl (C=O) groups excluding carboxylic acids is 1. The number of hydrogen-bond donors (Lipinski definition) is 5. The van der Waals surface area contributed by atoms with Crippen LogP contribution >= 0.6 is 12.6 Å². The zero-order valence-corrected chi connectivity index (χ0v) is 9.09. The molecule has 0 saturated carbocycles. The van der Waals surface area contributed by atoms with Gasteiger partial charge in [0.15, 0.2) is 6.29 Å². The average molecular weight is 237 g/mol. The van der Waals surface area contributed by atoms with Gasteiger partial charge in [-0.05, 0) is 0 Å². The third kappa shape index (κ3) is 2.82. The molecule has 0 spiro atoms. The van der Waals surface area contributed by atoms with E-state index in [-0.39, 0.29) is 12.5 Å². The highest BCUT2D eigenvalue weighted by Crippen LogP contribution is 2.24. The maximum Gasteiger partial charge on any atom is 0.217 e. The molecule has 0 aromatic carbocycles. The lowest BCUT2D eigenvalue weighted by atomic mass is 10.1. The summed E-state index contributed by atoms with van der Waals surface area (Å²) < 4.78 is 4.99. The van der Waals surface area contributed by atoms with E-state index in [9.17, 15) is 15.0 Å². The Kier molecular flexibility index (Phi) is 4.35. The molecular formula is C8H15NO5S. The highest BCUT2D eigenvalue weighted by Gasteiger charge is 2.45. The van der Waals surface area contributed by atoms with Crippen LogP contribution < -0.4 is 5.32 Å². The van der Waals surface area contributed by atoms with Gasteiger partial charge in [0.05, 0.1) is 11.9 Å². The molecule has 0 unspecified atom stereocenters. The average Bonchev–Trinajstić information content (AvgIpc) is 2.44. The van der Waals surface area contributed by atoms with Crippen LogP contribution in [-0.2, 0) is 9.53 Å². The third-order valence-electron chi connectivity index (χ3n) is 2.24. The van der Waals surface area contributed by atoms with Gasteiger partial charge < -0.3 is 25.4 Å². The summed E-state index contributed by atoms with van der Waals surface area (Å²) in [6.45, 7) is 0.987. The van der Waals surface area contributed by atoms with Crippen LogP contribution in [0.4, 0.5) is 0 Å². The molecule has 4 N–H and O–H groups in total. The zero-order valence-electron chi connectivity index (χ0n) is 8.20. The molecule has 1 amide bonds. The molecule has 88 valence electrons. The lowest BCUT2D eigenvalue weighted by molar-refractivity contribution is -0.125. The minimum atomic E-state index is -1.28. The lowest BCUT2D eigenvalue weighted by Gasteiger charge is -2.20. The van der Waals surface area contributed by atoms with Crippen molar-refractivity contribution in [3.05, 3.63) is 0 Å². The zero-order chi connectivity index (χ0) is 11.6. The van der Waals surface area contributed by atoms with E-state index in [1.165, 1.54) is 6.92 Å². The van der Waals surface area contributed by atoms with Crippen LogP contribution in [0, 0.1) is 0 Å². The van der Waals surface area contributed by atoms with E-state index in [4.69, 9.17) is 9.84 Å². The first-order valence-corrected chi connectivity index (χ1v) is 5.06. The third-order valence-corrected chi connectivity index (χ3v) is 2.70. The second kappa shape index (κ2) is 5.13. The van der Waals surface area contributed by atoms with Gasteiger partial charge in [0.2, 0.25) is 5.91 Å². The summed E-state index contributed by atoms with van der Waals surface area (Å²) >= 11 is 4.00. The van der Waals surface area contributed by atoms with E-state index < -0.39 is 29.8 Å². The topological polar surface area (TPSA) is 99.0 Å².